The van der Waals surface area contributed by atoms with Crippen molar-refractivity contribution in [2.45, 2.75) is 39.2 Å². The fraction of sp³-hybridized carbons (Fsp3) is 0.643. The van der Waals surface area contributed by atoms with Crippen molar-refractivity contribution in [1.29, 1.82) is 0 Å². The van der Waals surface area contributed by atoms with Crippen LogP contribution in [0.1, 0.15) is 43.6 Å². The molecule has 0 aliphatic heterocycles. The van der Waals surface area contributed by atoms with Crippen LogP contribution in [-0.4, -0.2) is 29.2 Å². The third-order valence-electron chi connectivity index (χ3n) is 3.84. The lowest BCUT2D eigenvalue weighted by Crippen LogP contribution is -2.29. The zero-order chi connectivity index (χ0) is 13.8. The van der Waals surface area contributed by atoms with Crippen LogP contribution >= 0.6 is 0 Å². The Labute approximate surface area is 113 Å². The second-order valence-corrected chi connectivity index (χ2v) is 5.24. The third-order valence-corrected chi connectivity index (χ3v) is 3.84. The van der Waals surface area contributed by atoms with Crippen molar-refractivity contribution < 1.29 is 14.3 Å². The molecule has 1 saturated carbocycles. The van der Waals surface area contributed by atoms with Gasteiger partial charge in [0.1, 0.15) is 6.10 Å². The Kier molecular flexibility index (Phi) is 4.35. The highest BCUT2D eigenvalue weighted by molar-refractivity contribution is 5.86. The summed E-state index contributed by atoms with van der Waals surface area (Å²) >= 11 is 0. The van der Waals surface area contributed by atoms with Gasteiger partial charge in [-0.1, -0.05) is 13.8 Å². The van der Waals surface area contributed by atoms with Gasteiger partial charge in [-0.15, -0.1) is 0 Å². The highest BCUT2D eigenvalue weighted by Crippen LogP contribution is 2.31. The van der Waals surface area contributed by atoms with E-state index in [0.29, 0.717) is 11.8 Å². The van der Waals surface area contributed by atoms with E-state index in [1.54, 1.807) is 0 Å². The van der Waals surface area contributed by atoms with Crippen LogP contribution in [0.2, 0.25) is 0 Å². The summed E-state index contributed by atoms with van der Waals surface area (Å²) in [5, 5.41) is 0. The predicted molar refractivity (Wildman–Crippen MR) is 70.0 cm³/mol. The summed E-state index contributed by atoms with van der Waals surface area (Å²) in [6, 6.07) is 0. The van der Waals surface area contributed by atoms with Gasteiger partial charge in [0.15, 0.2) is 5.69 Å². The molecular formula is C14H20N2O3. The number of esters is 1. The first-order chi connectivity index (χ1) is 9.10. The van der Waals surface area contributed by atoms with Gasteiger partial charge in [0.05, 0.1) is 19.5 Å². The molecule has 3 atom stereocenters. The summed E-state index contributed by atoms with van der Waals surface area (Å²) in [6.07, 6.45) is 6.28. The van der Waals surface area contributed by atoms with E-state index in [2.05, 4.69) is 28.6 Å². The lowest BCUT2D eigenvalue weighted by atomic mass is 9.80. The molecule has 5 nitrogen and oxygen atoms in total. The van der Waals surface area contributed by atoms with Crippen molar-refractivity contribution in [2.24, 2.45) is 11.8 Å². The predicted octanol–water partition coefficient (Wildman–Crippen LogP) is 2.47. The van der Waals surface area contributed by atoms with Crippen LogP contribution in [-0.2, 0) is 4.74 Å². The Balaban J connectivity index is 2.01. The van der Waals surface area contributed by atoms with Gasteiger partial charge in [-0.3, -0.25) is 4.98 Å². The van der Waals surface area contributed by atoms with E-state index >= 15 is 0 Å². The van der Waals surface area contributed by atoms with E-state index in [-0.39, 0.29) is 11.8 Å². The number of rotatable bonds is 3. The van der Waals surface area contributed by atoms with Crippen LogP contribution in [0.25, 0.3) is 0 Å². The van der Waals surface area contributed by atoms with E-state index in [0.717, 1.165) is 25.2 Å². The summed E-state index contributed by atoms with van der Waals surface area (Å²) < 4.78 is 10.4. The molecule has 5 heteroatoms. The first-order valence-corrected chi connectivity index (χ1v) is 6.67. The Morgan fingerprint density at radius 1 is 1.26 bits per heavy atom. The maximum absolute atomic E-state index is 11.4. The summed E-state index contributed by atoms with van der Waals surface area (Å²) in [6.45, 7) is 4.52. The lowest BCUT2D eigenvalue weighted by molar-refractivity contribution is 0.0587. The van der Waals surface area contributed by atoms with Gasteiger partial charge >= 0.3 is 5.97 Å². The van der Waals surface area contributed by atoms with E-state index < -0.39 is 5.97 Å². The molecule has 0 spiro atoms. The number of hydrogen-bond acceptors (Lipinski definition) is 5. The number of aromatic nitrogens is 2. The highest BCUT2D eigenvalue weighted by Gasteiger charge is 2.26. The first-order valence-electron chi connectivity index (χ1n) is 6.67. The molecule has 2 rings (SSSR count). The van der Waals surface area contributed by atoms with Crippen molar-refractivity contribution in [3.05, 3.63) is 18.1 Å². The Morgan fingerprint density at radius 2 is 2.05 bits per heavy atom. The van der Waals surface area contributed by atoms with Gasteiger partial charge in [-0.05, 0) is 31.1 Å². The monoisotopic (exact) mass is 264 g/mol. The topological polar surface area (TPSA) is 61.3 Å². The van der Waals surface area contributed by atoms with Crippen molar-refractivity contribution >= 4 is 5.97 Å². The molecule has 1 heterocycles. The van der Waals surface area contributed by atoms with E-state index in [1.165, 1.54) is 19.5 Å². The molecule has 104 valence electrons. The molecule has 1 fully saturated rings. The third kappa shape index (κ3) is 3.43. The van der Waals surface area contributed by atoms with Crippen LogP contribution in [0.15, 0.2) is 12.4 Å². The van der Waals surface area contributed by atoms with Gasteiger partial charge in [-0.2, -0.15) is 0 Å². The average molecular weight is 264 g/mol. The Bertz CT molecular complexity index is 450. The molecule has 3 unspecified atom stereocenters. The minimum Gasteiger partial charge on any atom is -0.473 e. The van der Waals surface area contributed by atoms with Crippen LogP contribution in [0.4, 0.5) is 0 Å². The normalized spacial score (nSPS) is 26.8. The van der Waals surface area contributed by atoms with Crippen LogP contribution in [0.5, 0.6) is 5.88 Å². The van der Waals surface area contributed by atoms with Crippen molar-refractivity contribution in [1.82, 2.24) is 9.97 Å². The van der Waals surface area contributed by atoms with Crippen molar-refractivity contribution in [3.63, 3.8) is 0 Å². The first kappa shape index (κ1) is 13.8. The molecule has 0 saturated heterocycles. The van der Waals surface area contributed by atoms with Crippen molar-refractivity contribution in [3.8, 4) is 5.88 Å². The zero-order valence-corrected chi connectivity index (χ0v) is 11.6. The summed E-state index contributed by atoms with van der Waals surface area (Å²) in [5.41, 5.74) is 0.178. The van der Waals surface area contributed by atoms with Gasteiger partial charge in [0.25, 0.3) is 0 Å². The number of hydrogen-bond donors (Lipinski definition) is 0. The molecule has 0 amide bonds. The zero-order valence-electron chi connectivity index (χ0n) is 11.6. The van der Waals surface area contributed by atoms with Gasteiger partial charge < -0.3 is 9.47 Å². The number of nitrogens with zero attached hydrogens (tertiary/aromatic N) is 2. The number of methoxy groups -OCH3 is 1. The minimum atomic E-state index is -0.497. The fourth-order valence-electron chi connectivity index (χ4n) is 2.38. The Morgan fingerprint density at radius 3 is 2.74 bits per heavy atom. The Hall–Kier alpha value is -1.65. The van der Waals surface area contributed by atoms with E-state index in [4.69, 9.17) is 4.74 Å². The lowest BCUT2D eigenvalue weighted by Gasteiger charge is -2.31. The summed E-state index contributed by atoms with van der Waals surface area (Å²) in [7, 11) is 1.32. The molecule has 1 aliphatic carbocycles. The summed E-state index contributed by atoms with van der Waals surface area (Å²) in [5.74, 6) is 1.29. The van der Waals surface area contributed by atoms with Crippen LogP contribution in [0, 0.1) is 11.8 Å². The second-order valence-electron chi connectivity index (χ2n) is 5.24. The van der Waals surface area contributed by atoms with E-state index in [1.807, 2.05) is 0 Å². The van der Waals surface area contributed by atoms with Crippen LogP contribution in [0.3, 0.4) is 0 Å². The molecule has 1 aliphatic rings. The number of ether oxygens (including phenoxy) is 2. The quantitative estimate of drug-likeness (QED) is 0.785. The molecule has 1 aromatic heterocycles. The van der Waals surface area contributed by atoms with Gasteiger partial charge in [0, 0.05) is 0 Å². The van der Waals surface area contributed by atoms with Gasteiger partial charge in [0.2, 0.25) is 5.88 Å². The maximum Gasteiger partial charge on any atom is 0.358 e. The number of carbonyl (C=O) groups excluding carboxylic acids is 1. The summed E-state index contributed by atoms with van der Waals surface area (Å²) in [4.78, 5) is 19.5. The standard InChI is InChI=1S/C14H20N2O3/c1-9-4-5-11(6-10(9)2)19-13-8-15-7-12(16-13)14(17)18-3/h7-11H,4-6H2,1-3H3. The van der Waals surface area contributed by atoms with Crippen LogP contribution < -0.4 is 4.74 Å². The highest BCUT2D eigenvalue weighted by atomic mass is 16.5. The largest absolute Gasteiger partial charge is 0.473 e. The average Bonchev–Trinajstić information content (AvgIpc) is 2.42. The molecular weight excluding hydrogens is 244 g/mol. The fourth-order valence-corrected chi connectivity index (χ4v) is 2.38. The molecule has 0 N–H and O–H groups in total. The molecule has 19 heavy (non-hydrogen) atoms. The SMILES string of the molecule is COC(=O)c1cncc(OC2CCC(C)C(C)C2)n1. The molecule has 0 bridgehead atoms. The maximum atomic E-state index is 11.4. The second kappa shape index (κ2) is 5.99. The van der Waals surface area contributed by atoms with Crippen molar-refractivity contribution in [2.75, 3.05) is 7.11 Å². The minimum absolute atomic E-state index is 0.161. The molecule has 0 aromatic carbocycles. The molecule has 1 aromatic rings. The van der Waals surface area contributed by atoms with Gasteiger partial charge in [-0.25, -0.2) is 9.78 Å². The molecule has 0 radical (unpaired) electrons. The van der Waals surface area contributed by atoms with E-state index in [9.17, 15) is 4.79 Å². The smallest absolute Gasteiger partial charge is 0.358 e. The number of carbonyl (C=O) groups is 1.